The largest absolute Gasteiger partial charge is 0.353 e. The summed E-state index contributed by atoms with van der Waals surface area (Å²) in [6.07, 6.45) is 1.12. The van der Waals surface area contributed by atoms with Crippen molar-refractivity contribution in [2.75, 3.05) is 12.8 Å². The van der Waals surface area contributed by atoms with E-state index >= 15 is 0 Å². The zero-order chi connectivity index (χ0) is 15.3. The van der Waals surface area contributed by atoms with Gasteiger partial charge in [-0.1, -0.05) is 29.8 Å². The molecule has 1 N–H and O–H groups in total. The summed E-state index contributed by atoms with van der Waals surface area (Å²) in [4.78, 5) is 11.8. The molecule has 1 aromatic carbocycles. The lowest BCUT2D eigenvalue weighted by atomic mass is 10.1. The van der Waals surface area contributed by atoms with Gasteiger partial charge >= 0.3 is 0 Å². The molecule has 1 aromatic rings. The normalized spacial score (nSPS) is 11.9. The van der Waals surface area contributed by atoms with Crippen LogP contribution in [0.1, 0.15) is 25.0 Å². The molecule has 0 radical (unpaired) electrons. The Hall–Kier alpha value is -1.40. The smallest absolute Gasteiger partial charge is 0.235 e. The van der Waals surface area contributed by atoms with Crippen LogP contribution < -0.4 is 5.32 Å². The van der Waals surface area contributed by atoms with Crippen LogP contribution in [0.5, 0.6) is 0 Å². The van der Waals surface area contributed by atoms with Gasteiger partial charge in [0.2, 0.25) is 15.9 Å². The average molecular weight is 298 g/mol. The van der Waals surface area contributed by atoms with E-state index in [-0.39, 0.29) is 25.0 Å². The number of rotatable bonds is 6. The van der Waals surface area contributed by atoms with Crippen molar-refractivity contribution in [1.29, 1.82) is 0 Å². The van der Waals surface area contributed by atoms with Crippen molar-refractivity contribution >= 4 is 15.9 Å². The van der Waals surface area contributed by atoms with E-state index in [2.05, 4.69) is 5.32 Å². The minimum absolute atomic E-state index is 0.0112. The second kappa shape index (κ2) is 6.85. The number of nitrogens with zero attached hydrogens (tertiary/aromatic N) is 1. The molecule has 0 heterocycles. The van der Waals surface area contributed by atoms with Crippen LogP contribution in [0.2, 0.25) is 0 Å². The molecule has 0 bridgehead atoms. The van der Waals surface area contributed by atoms with Gasteiger partial charge in [0, 0.05) is 12.6 Å². The minimum Gasteiger partial charge on any atom is -0.353 e. The van der Waals surface area contributed by atoms with Crippen molar-refractivity contribution in [1.82, 2.24) is 9.62 Å². The summed E-state index contributed by atoms with van der Waals surface area (Å²) in [6.45, 7) is 5.66. The van der Waals surface area contributed by atoms with Crippen LogP contribution in [0.25, 0.3) is 0 Å². The first-order chi connectivity index (χ1) is 9.18. The maximum Gasteiger partial charge on any atom is 0.235 e. The van der Waals surface area contributed by atoms with Crippen LogP contribution in [0.3, 0.4) is 0 Å². The fourth-order valence-electron chi connectivity index (χ4n) is 1.83. The molecule has 0 aliphatic rings. The standard InChI is InChI=1S/C14H22N2O3S/c1-11(2)15-14(17)10-16(20(4,18)19)9-13-7-5-6-12(3)8-13/h5-8,11H,9-10H2,1-4H3,(H,15,17). The van der Waals surface area contributed by atoms with E-state index in [1.165, 1.54) is 4.31 Å². The van der Waals surface area contributed by atoms with Gasteiger partial charge in [-0.05, 0) is 26.3 Å². The van der Waals surface area contributed by atoms with Gasteiger partial charge in [0.1, 0.15) is 0 Å². The molecule has 1 rings (SSSR count). The highest BCUT2D eigenvalue weighted by atomic mass is 32.2. The van der Waals surface area contributed by atoms with Crippen LogP contribution in [0.15, 0.2) is 24.3 Å². The number of carbonyl (C=O) groups is 1. The Morgan fingerprint density at radius 3 is 2.50 bits per heavy atom. The van der Waals surface area contributed by atoms with Gasteiger partial charge < -0.3 is 5.32 Å². The lowest BCUT2D eigenvalue weighted by Gasteiger charge is -2.20. The van der Waals surface area contributed by atoms with Crippen LogP contribution in [-0.2, 0) is 21.4 Å². The molecule has 0 unspecified atom stereocenters. The number of amides is 1. The van der Waals surface area contributed by atoms with Crippen LogP contribution in [0.4, 0.5) is 0 Å². The molecule has 20 heavy (non-hydrogen) atoms. The van der Waals surface area contributed by atoms with Crippen molar-refractivity contribution in [3.05, 3.63) is 35.4 Å². The summed E-state index contributed by atoms with van der Waals surface area (Å²) in [5.74, 6) is -0.293. The second-order valence-corrected chi connectivity index (χ2v) is 7.22. The molecule has 0 saturated heterocycles. The molecule has 112 valence electrons. The van der Waals surface area contributed by atoms with E-state index < -0.39 is 10.0 Å². The van der Waals surface area contributed by atoms with Crippen molar-refractivity contribution < 1.29 is 13.2 Å². The summed E-state index contributed by atoms with van der Waals surface area (Å²) >= 11 is 0. The topological polar surface area (TPSA) is 66.5 Å². The number of nitrogens with one attached hydrogen (secondary N) is 1. The Kier molecular flexibility index (Phi) is 5.71. The molecule has 0 aliphatic heterocycles. The van der Waals surface area contributed by atoms with Gasteiger partial charge in [-0.25, -0.2) is 8.42 Å². The summed E-state index contributed by atoms with van der Waals surface area (Å²) in [6, 6.07) is 7.58. The summed E-state index contributed by atoms with van der Waals surface area (Å²) in [5, 5.41) is 2.70. The summed E-state index contributed by atoms with van der Waals surface area (Å²) in [7, 11) is -3.43. The number of aryl methyl sites for hydroxylation is 1. The van der Waals surface area contributed by atoms with Gasteiger partial charge in [-0.3, -0.25) is 4.79 Å². The second-order valence-electron chi connectivity index (χ2n) is 5.24. The Labute approximate surface area is 121 Å². The van der Waals surface area contributed by atoms with Gasteiger partial charge in [-0.15, -0.1) is 0 Å². The molecule has 0 spiro atoms. The predicted octanol–water partition coefficient (Wildman–Crippen LogP) is 1.28. The van der Waals surface area contributed by atoms with E-state index in [1.54, 1.807) is 0 Å². The van der Waals surface area contributed by atoms with E-state index in [1.807, 2.05) is 45.0 Å². The van der Waals surface area contributed by atoms with Crippen molar-refractivity contribution in [2.45, 2.75) is 33.4 Å². The van der Waals surface area contributed by atoms with Gasteiger partial charge in [0.15, 0.2) is 0 Å². The van der Waals surface area contributed by atoms with Crippen LogP contribution in [0, 0.1) is 6.92 Å². The number of hydrogen-bond donors (Lipinski definition) is 1. The molecule has 6 heteroatoms. The average Bonchev–Trinajstić information content (AvgIpc) is 2.25. The first-order valence-electron chi connectivity index (χ1n) is 6.48. The molecular formula is C14H22N2O3S. The molecule has 0 fully saturated rings. The first kappa shape index (κ1) is 16.7. The Morgan fingerprint density at radius 1 is 1.35 bits per heavy atom. The third-order valence-corrected chi connectivity index (χ3v) is 3.88. The molecule has 0 aliphatic carbocycles. The number of hydrogen-bond acceptors (Lipinski definition) is 3. The monoisotopic (exact) mass is 298 g/mol. The highest BCUT2D eigenvalue weighted by Gasteiger charge is 2.20. The van der Waals surface area contributed by atoms with E-state index in [0.717, 1.165) is 17.4 Å². The molecule has 5 nitrogen and oxygen atoms in total. The van der Waals surface area contributed by atoms with Crippen molar-refractivity contribution in [3.63, 3.8) is 0 Å². The Balaban J connectivity index is 2.84. The van der Waals surface area contributed by atoms with Crippen LogP contribution in [-0.4, -0.2) is 37.5 Å². The number of sulfonamides is 1. The lowest BCUT2D eigenvalue weighted by Crippen LogP contribution is -2.42. The van der Waals surface area contributed by atoms with E-state index in [4.69, 9.17) is 0 Å². The quantitative estimate of drug-likeness (QED) is 0.860. The van der Waals surface area contributed by atoms with Gasteiger partial charge in [0.25, 0.3) is 0 Å². The lowest BCUT2D eigenvalue weighted by molar-refractivity contribution is -0.121. The molecular weight excluding hydrogens is 276 g/mol. The number of benzene rings is 1. The molecule has 1 amide bonds. The molecule has 0 aromatic heterocycles. The highest BCUT2D eigenvalue weighted by Crippen LogP contribution is 2.10. The van der Waals surface area contributed by atoms with E-state index in [9.17, 15) is 13.2 Å². The zero-order valence-corrected chi connectivity index (χ0v) is 13.2. The first-order valence-corrected chi connectivity index (χ1v) is 8.33. The zero-order valence-electron chi connectivity index (χ0n) is 12.4. The van der Waals surface area contributed by atoms with Crippen LogP contribution >= 0.6 is 0 Å². The minimum atomic E-state index is -3.43. The summed E-state index contributed by atoms with van der Waals surface area (Å²) < 4.78 is 24.8. The van der Waals surface area contributed by atoms with Gasteiger partial charge in [0.05, 0.1) is 12.8 Å². The highest BCUT2D eigenvalue weighted by molar-refractivity contribution is 7.88. The predicted molar refractivity (Wildman–Crippen MR) is 79.7 cm³/mol. The Bertz CT molecular complexity index is 568. The maximum atomic E-state index is 11.8. The fourth-order valence-corrected chi connectivity index (χ4v) is 2.57. The third kappa shape index (κ3) is 5.71. The van der Waals surface area contributed by atoms with Crippen molar-refractivity contribution in [2.24, 2.45) is 0 Å². The van der Waals surface area contributed by atoms with Crippen molar-refractivity contribution in [3.8, 4) is 0 Å². The fraction of sp³-hybridized carbons (Fsp3) is 0.500. The third-order valence-electron chi connectivity index (χ3n) is 2.68. The molecule has 0 saturated carbocycles. The Morgan fingerprint density at radius 2 is 2.00 bits per heavy atom. The summed E-state index contributed by atoms with van der Waals surface area (Å²) in [5.41, 5.74) is 1.93. The van der Waals surface area contributed by atoms with E-state index in [0.29, 0.717) is 0 Å². The molecule has 0 atom stereocenters. The van der Waals surface area contributed by atoms with Gasteiger partial charge in [-0.2, -0.15) is 4.31 Å². The maximum absolute atomic E-state index is 11.8. The SMILES string of the molecule is Cc1cccc(CN(CC(=O)NC(C)C)S(C)(=O)=O)c1. The number of carbonyl (C=O) groups excluding carboxylic acids is 1.